The van der Waals surface area contributed by atoms with E-state index in [9.17, 15) is 19.7 Å². The number of thioether (sulfide) groups is 1. The predicted octanol–water partition coefficient (Wildman–Crippen LogP) is 2.65. The lowest BCUT2D eigenvalue weighted by Gasteiger charge is -2.06. The van der Waals surface area contributed by atoms with E-state index >= 15 is 0 Å². The van der Waals surface area contributed by atoms with Gasteiger partial charge in [-0.3, -0.25) is 19.7 Å². The van der Waals surface area contributed by atoms with Gasteiger partial charge in [-0.2, -0.15) is 0 Å². The fourth-order valence-electron chi connectivity index (χ4n) is 1.83. The second-order valence-corrected chi connectivity index (χ2v) is 6.96. The van der Waals surface area contributed by atoms with Gasteiger partial charge in [0.1, 0.15) is 0 Å². The summed E-state index contributed by atoms with van der Waals surface area (Å²) in [6.45, 7) is 0.179. The van der Waals surface area contributed by atoms with Gasteiger partial charge >= 0.3 is 5.97 Å². The third-order valence-electron chi connectivity index (χ3n) is 3.04. The largest absolute Gasteiger partial charge is 0.455 e. The molecular formula is C16H16N2O5S2. The van der Waals surface area contributed by atoms with Crippen LogP contribution in [0, 0.1) is 10.1 Å². The fraction of sp³-hybridized carbons (Fsp3) is 0.250. The topological polar surface area (TPSA) is 98.5 Å². The van der Waals surface area contributed by atoms with E-state index in [0.717, 1.165) is 6.42 Å². The first-order chi connectivity index (χ1) is 12.0. The molecule has 0 saturated carbocycles. The Balaban J connectivity index is 1.61. The van der Waals surface area contributed by atoms with E-state index in [0.29, 0.717) is 11.4 Å². The molecule has 1 heterocycles. The molecule has 1 amide bonds. The van der Waals surface area contributed by atoms with E-state index in [-0.39, 0.29) is 24.0 Å². The number of ether oxygens (including phenoxy) is 1. The van der Waals surface area contributed by atoms with Crippen molar-refractivity contribution >= 4 is 40.7 Å². The maximum Gasteiger partial charge on any atom is 0.316 e. The molecule has 0 atom stereocenters. The molecule has 2 aromatic rings. The predicted molar refractivity (Wildman–Crippen MR) is 95.8 cm³/mol. The lowest BCUT2D eigenvalue weighted by Crippen LogP contribution is -2.30. The molecular weight excluding hydrogens is 364 g/mol. The van der Waals surface area contributed by atoms with Crippen LogP contribution in [0.25, 0.3) is 0 Å². The van der Waals surface area contributed by atoms with Crippen LogP contribution in [0.2, 0.25) is 0 Å². The van der Waals surface area contributed by atoms with Crippen molar-refractivity contribution in [1.29, 1.82) is 0 Å². The number of nitrogens with zero attached hydrogens (tertiary/aromatic N) is 1. The molecule has 0 saturated heterocycles. The number of carbonyl (C=O) groups excluding carboxylic acids is 2. The first-order valence-electron chi connectivity index (χ1n) is 7.36. The SMILES string of the molecule is O=C(COC(=O)CSc1ccc([N+](=O)[O-])cc1)NCCc1cccs1. The first-order valence-corrected chi connectivity index (χ1v) is 9.23. The number of amides is 1. The summed E-state index contributed by atoms with van der Waals surface area (Å²) < 4.78 is 4.90. The molecule has 0 fully saturated rings. The third-order valence-corrected chi connectivity index (χ3v) is 4.96. The smallest absolute Gasteiger partial charge is 0.316 e. The van der Waals surface area contributed by atoms with Crippen molar-refractivity contribution < 1.29 is 19.2 Å². The number of thiophene rings is 1. The minimum absolute atomic E-state index is 0.00820. The van der Waals surface area contributed by atoms with Gasteiger partial charge in [0.15, 0.2) is 6.61 Å². The minimum atomic E-state index is -0.517. The molecule has 0 aliphatic carbocycles. The quantitative estimate of drug-likeness (QED) is 0.311. The molecule has 7 nitrogen and oxygen atoms in total. The van der Waals surface area contributed by atoms with Crippen LogP contribution in [-0.4, -0.2) is 35.7 Å². The van der Waals surface area contributed by atoms with Crippen LogP contribution in [0.5, 0.6) is 0 Å². The molecule has 0 unspecified atom stereocenters. The summed E-state index contributed by atoms with van der Waals surface area (Å²) >= 11 is 2.81. The summed E-state index contributed by atoms with van der Waals surface area (Å²) in [5.74, 6) is -0.831. The van der Waals surface area contributed by atoms with Crippen LogP contribution >= 0.6 is 23.1 Å². The van der Waals surface area contributed by atoms with Crippen LogP contribution in [0.4, 0.5) is 5.69 Å². The summed E-state index contributed by atoms with van der Waals surface area (Å²) in [5, 5.41) is 15.2. The zero-order valence-corrected chi connectivity index (χ0v) is 14.8. The number of nitrogens with one attached hydrogen (secondary N) is 1. The molecule has 1 aromatic heterocycles. The van der Waals surface area contributed by atoms with Crippen LogP contribution in [0.3, 0.4) is 0 Å². The molecule has 0 bridgehead atoms. The number of esters is 1. The second-order valence-electron chi connectivity index (χ2n) is 4.88. The molecule has 9 heteroatoms. The average Bonchev–Trinajstić information content (AvgIpc) is 3.12. The highest BCUT2D eigenvalue weighted by molar-refractivity contribution is 8.00. The second kappa shape index (κ2) is 9.80. The third kappa shape index (κ3) is 6.94. The highest BCUT2D eigenvalue weighted by Crippen LogP contribution is 2.21. The highest BCUT2D eigenvalue weighted by atomic mass is 32.2. The lowest BCUT2D eigenvalue weighted by atomic mass is 10.3. The Morgan fingerprint density at radius 1 is 1.24 bits per heavy atom. The Labute approximate surface area is 152 Å². The fourth-order valence-corrected chi connectivity index (χ4v) is 3.23. The molecule has 0 aliphatic heterocycles. The van der Waals surface area contributed by atoms with Gasteiger partial charge in [-0.15, -0.1) is 23.1 Å². The lowest BCUT2D eigenvalue weighted by molar-refractivity contribution is -0.384. The zero-order chi connectivity index (χ0) is 18.1. The van der Waals surface area contributed by atoms with Crippen molar-refractivity contribution in [2.75, 3.05) is 18.9 Å². The van der Waals surface area contributed by atoms with E-state index < -0.39 is 10.9 Å². The van der Waals surface area contributed by atoms with Crippen LogP contribution < -0.4 is 5.32 Å². The van der Waals surface area contributed by atoms with Gasteiger partial charge in [-0.05, 0) is 30.0 Å². The van der Waals surface area contributed by atoms with Crippen LogP contribution in [-0.2, 0) is 20.7 Å². The van der Waals surface area contributed by atoms with Crippen molar-refractivity contribution in [3.63, 3.8) is 0 Å². The normalized spacial score (nSPS) is 10.2. The van der Waals surface area contributed by atoms with Gasteiger partial charge < -0.3 is 10.1 Å². The maximum atomic E-state index is 11.6. The Morgan fingerprint density at radius 3 is 2.64 bits per heavy atom. The highest BCUT2D eigenvalue weighted by Gasteiger charge is 2.09. The minimum Gasteiger partial charge on any atom is -0.455 e. The number of hydrogen-bond donors (Lipinski definition) is 1. The number of non-ortho nitro benzene ring substituents is 1. The molecule has 0 aliphatic rings. The van der Waals surface area contributed by atoms with E-state index in [1.807, 2.05) is 17.5 Å². The molecule has 1 aromatic carbocycles. The van der Waals surface area contributed by atoms with Crippen molar-refractivity contribution in [1.82, 2.24) is 5.32 Å². The van der Waals surface area contributed by atoms with Gasteiger partial charge in [0.25, 0.3) is 11.6 Å². The standard InChI is InChI=1S/C16H16N2O5S2/c19-15(17-8-7-13-2-1-9-24-13)10-23-16(20)11-25-14-5-3-12(4-6-14)18(21)22/h1-6,9H,7-8,10-11H2,(H,17,19). The van der Waals surface area contributed by atoms with E-state index in [4.69, 9.17) is 4.74 Å². The number of nitro groups is 1. The molecule has 0 radical (unpaired) electrons. The van der Waals surface area contributed by atoms with Crippen molar-refractivity contribution in [2.24, 2.45) is 0 Å². The molecule has 25 heavy (non-hydrogen) atoms. The van der Waals surface area contributed by atoms with Gasteiger partial charge in [-0.25, -0.2) is 0 Å². The Morgan fingerprint density at radius 2 is 2.00 bits per heavy atom. The Bertz CT molecular complexity index is 717. The summed E-state index contributed by atoms with van der Waals surface area (Å²) in [6, 6.07) is 9.81. The number of benzene rings is 1. The molecule has 132 valence electrons. The summed E-state index contributed by atoms with van der Waals surface area (Å²) in [5.41, 5.74) is -0.00820. The van der Waals surface area contributed by atoms with E-state index in [1.54, 1.807) is 23.5 Å². The Hall–Kier alpha value is -2.39. The molecule has 0 spiro atoms. The van der Waals surface area contributed by atoms with E-state index in [1.165, 1.54) is 28.8 Å². The molecule has 1 N–H and O–H groups in total. The summed E-state index contributed by atoms with van der Waals surface area (Å²) in [4.78, 5) is 35.2. The number of carbonyl (C=O) groups is 2. The van der Waals surface area contributed by atoms with Gasteiger partial charge in [0.2, 0.25) is 0 Å². The first kappa shape index (κ1) is 18.9. The average molecular weight is 380 g/mol. The molecule has 2 rings (SSSR count). The van der Waals surface area contributed by atoms with E-state index in [2.05, 4.69) is 5.32 Å². The number of nitro benzene ring substituents is 1. The number of hydrogen-bond acceptors (Lipinski definition) is 7. The monoisotopic (exact) mass is 380 g/mol. The van der Waals surface area contributed by atoms with Crippen molar-refractivity contribution in [2.45, 2.75) is 11.3 Å². The Kier molecular flexibility index (Phi) is 7.42. The van der Waals surface area contributed by atoms with Crippen LogP contribution in [0.15, 0.2) is 46.7 Å². The number of rotatable bonds is 9. The van der Waals surface area contributed by atoms with Gasteiger partial charge in [-0.1, -0.05) is 6.07 Å². The maximum absolute atomic E-state index is 11.6. The summed E-state index contributed by atoms with van der Waals surface area (Å²) in [6.07, 6.45) is 0.743. The zero-order valence-electron chi connectivity index (χ0n) is 13.2. The van der Waals surface area contributed by atoms with Crippen LogP contribution in [0.1, 0.15) is 4.88 Å². The van der Waals surface area contributed by atoms with Gasteiger partial charge in [0.05, 0.1) is 10.7 Å². The summed E-state index contributed by atoms with van der Waals surface area (Å²) in [7, 11) is 0. The van der Waals surface area contributed by atoms with Crippen molar-refractivity contribution in [3.05, 3.63) is 56.8 Å². The van der Waals surface area contributed by atoms with Crippen molar-refractivity contribution in [3.8, 4) is 0 Å². The van der Waals surface area contributed by atoms with Gasteiger partial charge in [0, 0.05) is 28.5 Å².